The van der Waals surface area contributed by atoms with Gasteiger partial charge in [0.15, 0.2) is 0 Å². The Bertz CT molecular complexity index is 288. The molecular formula is C9H16N2O2S. The highest BCUT2D eigenvalue weighted by atomic mass is 32.2. The SMILES string of the molecule is Cc1cc(CSCC(O)CO)n(C)n1. The van der Waals surface area contributed by atoms with E-state index in [1.807, 2.05) is 24.7 Å². The van der Waals surface area contributed by atoms with Crippen molar-refractivity contribution < 1.29 is 10.2 Å². The second-order valence-electron chi connectivity index (χ2n) is 3.25. The molecule has 4 nitrogen and oxygen atoms in total. The van der Waals surface area contributed by atoms with Crippen LogP contribution in [0.25, 0.3) is 0 Å². The van der Waals surface area contributed by atoms with E-state index in [-0.39, 0.29) is 6.61 Å². The number of hydrogen-bond donors (Lipinski definition) is 2. The third-order valence-electron chi connectivity index (χ3n) is 1.87. The molecule has 14 heavy (non-hydrogen) atoms. The summed E-state index contributed by atoms with van der Waals surface area (Å²) in [6, 6.07) is 2.03. The van der Waals surface area contributed by atoms with Gasteiger partial charge in [0.25, 0.3) is 0 Å². The molecule has 5 heteroatoms. The molecule has 1 unspecified atom stereocenters. The summed E-state index contributed by atoms with van der Waals surface area (Å²) in [7, 11) is 1.91. The van der Waals surface area contributed by atoms with Crippen molar-refractivity contribution in [3.63, 3.8) is 0 Å². The van der Waals surface area contributed by atoms with Crippen LogP contribution >= 0.6 is 11.8 Å². The van der Waals surface area contributed by atoms with Gasteiger partial charge in [0, 0.05) is 24.2 Å². The van der Waals surface area contributed by atoms with Crippen LogP contribution in [0, 0.1) is 6.92 Å². The fourth-order valence-corrected chi connectivity index (χ4v) is 2.13. The Labute approximate surface area is 87.9 Å². The minimum Gasteiger partial charge on any atom is -0.394 e. The van der Waals surface area contributed by atoms with Crippen molar-refractivity contribution in [2.24, 2.45) is 7.05 Å². The van der Waals surface area contributed by atoms with E-state index in [2.05, 4.69) is 5.10 Å². The second-order valence-corrected chi connectivity index (χ2v) is 4.28. The van der Waals surface area contributed by atoms with Crippen molar-refractivity contribution in [1.29, 1.82) is 0 Å². The van der Waals surface area contributed by atoms with Crippen molar-refractivity contribution >= 4 is 11.8 Å². The summed E-state index contributed by atoms with van der Waals surface area (Å²) >= 11 is 1.60. The van der Waals surface area contributed by atoms with Crippen LogP contribution in [0.1, 0.15) is 11.4 Å². The van der Waals surface area contributed by atoms with E-state index < -0.39 is 6.10 Å². The fourth-order valence-electron chi connectivity index (χ4n) is 1.15. The summed E-state index contributed by atoms with van der Waals surface area (Å²) in [6.07, 6.45) is -0.616. The largest absolute Gasteiger partial charge is 0.394 e. The van der Waals surface area contributed by atoms with Crippen LogP contribution in [0.15, 0.2) is 6.07 Å². The summed E-state index contributed by atoms with van der Waals surface area (Å²) < 4.78 is 1.84. The van der Waals surface area contributed by atoms with Gasteiger partial charge >= 0.3 is 0 Å². The molecule has 0 bridgehead atoms. The van der Waals surface area contributed by atoms with Gasteiger partial charge in [0.2, 0.25) is 0 Å². The van der Waals surface area contributed by atoms with Gasteiger partial charge < -0.3 is 10.2 Å². The monoisotopic (exact) mass is 216 g/mol. The van der Waals surface area contributed by atoms with Gasteiger partial charge in [-0.25, -0.2) is 0 Å². The minimum atomic E-state index is -0.616. The first-order chi connectivity index (χ1) is 6.63. The highest BCUT2D eigenvalue weighted by Crippen LogP contribution is 2.13. The van der Waals surface area contributed by atoms with E-state index in [4.69, 9.17) is 10.2 Å². The molecule has 0 aliphatic heterocycles. The van der Waals surface area contributed by atoms with Gasteiger partial charge in [-0.05, 0) is 13.0 Å². The Balaban J connectivity index is 2.34. The molecule has 0 spiro atoms. The van der Waals surface area contributed by atoms with E-state index in [0.29, 0.717) is 5.75 Å². The Morgan fingerprint density at radius 3 is 2.86 bits per heavy atom. The zero-order valence-electron chi connectivity index (χ0n) is 8.47. The van der Waals surface area contributed by atoms with Crippen LogP contribution in [-0.2, 0) is 12.8 Å². The van der Waals surface area contributed by atoms with Gasteiger partial charge in [0.1, 0.15) is 0 Å². The number of hydrogen-bond acceptors (Lipinski definition) is 4. The topological polar surface area (TPSA) is 58.3 Å². The predicted octanol–water partition coefficient (Wildman–Crippen LogP) is 0.315. The lowest BCUT2D eigenvalue weighted by molar-refractivity contribution is 0.113. The molecule has 0 radical (unpaired) electrons. The minimum absolute atomic E-state index is 0.169. The summed E-state index contributed by atoms with van der Waals surface area (Å²) in [6.45, 7) is 1.79. The number of thioether (sulfide) groups is 1. The van der Waals surface area contributed by atoms with Crippen LogP contribution in [0.3, 0.4) is 0 Å². The van der Waals surface area contributed by atoms with E-state index in [9.17, 15) is 0 Å². The number of aryl methyl sites for hydroxylation is 2. The standard InChI is InChI=1S/C9H16N2O2S/c1-7-3-8(11(2)10-7)5-14-6-9(13)4-12/h3,9,12-13H,4-6H2,1-2H3. The van der Waals surface area contributed by atoms with Gasteiger partial charge in [-0.3, -0.25) is 4.68 Å². The molecule has 0 aliphatic rings. The van der Waals surface area contributed by atoms with Gasteiger partial charge in [-0.1, -0.05) is 0 Å². The highest BCUT2D eigenvalue weighted by molar-refractivity contribution is 7.98. The molecule has 0 aromatic carbocycles. The van der Waals surface area contributed by atoms with Crippen LogP contribution in [0.5, 0.6) is 0 Å². The number of aliphatic hydroxyl groups excluding tert-OH is 2. The lowest BCUT2D eigenvalue weighted by Gasteiger charge is -2.06. The Morgan fingerprint density at radius 1 is 1.64 bits per heavy atom. The van der Waals surface area contributed by atoms with Gasteiger partial charge in [0.05, 0.1) is 18.4 Å². The Hall–Kier alpha value is -0.520. The number of aromatic nitrogens is 2. The molecule has 0 saturated carbocycles. The molecule has 0 amide bonds. The second kappa shape index (κ2) is 5.38. The summed E-state index contributed by atoms with van der Waals surface area (Å²) in [5, 5.41) is 21.9. The predicted molar refractivity (Wildman–Crippen MR) is 57.2 cm³/mol. The molecule has 1 heterocycles. The molecule has 1 atom stereocenters. The van der Waals surface area contributed by atoms with Gasteiger partial charge in [-0.2, -0.15) is 16.9 Å². The van der Waals surface area contributed by atoms with Crippen molar-refractivity contribution in [2.45, 2.75) is 18.8 Å². The van der Waals surface area contributed by atoms with E-state index in [0.717, 1.165) is 17.1 Å². The maximum absolute atomic E-state index is 9.12. The normalized spacial score (nSPS) is 13.1. The average Bonchev–Trinajstić information content (AvgIpc) is 2.45. The first-order valence-corrected chi connectivity index (χ1v) is 5.65. The summed E-state index contributed by atoms with van der Waals surface area (Å²) in [5.41, 5.74) is 2.14. The van der Waals surface area contributed by atoms with Crippen molar-refractivity contribution in [3.05, 3.63) is 17.5 Å². The quantitative estimate of drug-likeness (QED) is 0.744. The maximum atomic E-state index is 9.12. The van der Waals surface area contributed by atoms with Crippen molar-refractivity contribution in [2.75, 3.05) is 12.4 Å². The van der Waals surface area contributed by atoms with Crippen molar-refractivity contribution in [1.82, 2.24) is 9.78 Å². The lowest BCUT2D eigenvalue weighted by Crippen LogP contribution is -2.14. The van der Waals surface area contributed by atoms with E-state index in [1.54, 1.807) is 11.8 Å². The average molecular weight is 216 g/mol. The molecule has 0 saturated heterocycles. The van der Waals surface area contributed by atoms with E-state index >= 15 is 0 Å². The summed E-state index contributed by atoms with van der Waals surface area (Å²) in [4.78, 5) is 0. The molecule has 80 valence electrons. The number of aliphatic hydroxyl groups is 2. The molecule has 1 aromatic heterocycles. The smallest absolute Gasteiger partial charge is 0.0861 e. The Kier molecular flexibility index (Phi) is 4.44. The lowest BCUT2D eigenvalue weighted by atomic mass is 10.4. The molecule has 0 fully saturated rings. The zero-order valence-corrected chi connectivity index (χ0v) is 9.29. The molecule has 2 N–H and O–H groups in total. The van der Waals surface area contributed by atoms with Crippen LogP contribution < -0.4 is 0 Å². The van der Waals surface area contributed by atoms with Crippen LogP contribution in [0.2, 0.25) is 0 Å². The molecular weight excluding hydrogens is 200 g/mol. The molecule has 1 rings (SSSR count). The summed E-state index contributed by atoms with van der Waals surface area (Å²) in [5.74, 6) is 1.37. The third-order valence-corrected chi connectivity index (χ3v) is 2.99. The number of rotatable bonds is 5. The highest BCUT2D eigenvalue weighted by Gasteiger charge is 2.05. The number of nitrogens with zero attached hydrogens (tertiary/aromatic N) is 2. The van der Waals surface area contributed by atoms with E-state index in [1.165, 1.54) is 0 Å². The third kappa shape index (κ3) is 3.32. The zero-order chi connectivity index (χ0) is 10.6. The Morgan fingerprint density at radius 2 is 2.36 bits per heavy atom. The molecule has 1 aromatic rings. The van der Waals surface area contributed by atoms with Crippen LogP contribution in [-0.4, -0.2) is 38.5 Å². The maximum Gasteiger partial charge on any atom is 0.0861 e. The fraction of sp³-hybridized carbons (Fsp3) is 0.667. The van der Waals surface area contributed by atoms with Gasteiger partial charge in [-0.15, -0.1) is 0 Å². The van der Waals surface area contributed by atoms with Crippen molar-refractivity contribution in [3.8, 4) is 0 Å². The molecule has 0 aliphatic carbocycles. The first kappa shape index (κ1) is 11.6. The first-order valence-electron chi connectivity index (χ1n) is 4.49. The van der Waals surface area contributed by atoms with Crippen LogP contribution in [0.4, 0.5) is 0 Å².